The number of thioether (sulfide) groups is 1. The smallest absolute Gasteiger partial charge is 0.237 e. The van der Waals surface area contributed by atoms with Crippen molar-refractivity contribution in [2.75, 3.05) is 0 Å². The van der Waals surface area contributed by atoms with Crippen LogP contribution in [-0.4, -0.2) is 15.9 Å². The van der Waals surface area contributed by atoms with Gasteiger partial charge in [-0.3, -0.25) is 4.79 Å². The molecule has 1 aliphatic carbocycles. The van der Waals surface area contributed by atoms with Gasteiger partial charge in [0.2, 0.25) is 5.89 Å². The molecule has 1 unspecified atom stereocenters. The number of rotatable bonds is 4. The van der Waals surface area contributed by atoms with E-state index in [0.717, 1.165) is 28.6 Å². The molecule has 3 rings (SSSR count). The summed E-state index contributed by atoms with van der Waals surface area (Å²) in [7, 11) is 0. The second-order valence-corrected chi connectivity index (χ2v) is 6.90. The van der Waals surface area contributed by atoms with Crippen LogP contribution in [0.15, 0.2) is 38.2 Å². The molecule has 0 spiro atoms. The Morgan fingerprint density at radius 2 is 2.19 bits per heavy atom. The van der Waals surface area contributed by atoms with E-state index in [1.54, 1.807) is 11.8 Å². The first-order chi connectivity index (χ1) is 10.2. The van der Waals surface area contributed by atoms with Gasteiger partial charge in [-0.25, -0.2) is 0 Å². The number of benzene rings is 1. The van der Waals surface area contributed by atoms with Crippen LogP contribution in [-0.2, 0) is 10.5 Å². The maximum absolute atomic E-state index is 11.9. The van der Waals surface area contributed by atoms with Crippen molar-refractivity contribution in [3.63, 3.8) is 0 Å². The Morgan fingerprint density at radius 3 is 3.00 bits per heavy atom. The Balaban J connectivity index is 1.65. The highest BCUT2D eigenvalue weighted by Crippen LogP contribution is 2.31. The number of carbonyl (C=O) groups is 1. The molecule has 0 aliphatic heterocycles. The van der Waals surface area contributed by atoms with Gasteiger partial charge in [-0.1, -0.05) is 23.7 Å². The average molecular weight is 367 g/mol. The van der Waals surface area contributed by atoms with E-state index >= 15 is 0 Å². The van der Waals surface area contributed by atoms with Crippen molar-refractivity contribution in [3.05, 3.63) is 40.5 Å². The number of aromatic nitrogens is 2. The fourth-order valence-corrected chi connectivity index (χ4v) is 3.83. The first kappa shape index (κ1) is 14.8. The van der Waals surface area contributed by atoms with Crippen molar-refractivity contribution in [1.29, 1.82) is 0 Å². The zero-order valence-corrected chi connectivity index (χ0v) is 13.8. The zero-order valence-electron chi connectivity index (χ0n) is 11.4. The number of nitrogens with zero attached hydrogens (tertiary/aromatic N) is 2. The van der Waals surface area contributed by atoms with E-state index in [0.29, 0.717) is 23.9 Å². The van der Waals surface area contributed by atoms with E-state index in [1.807, 2.05) is 24.3 Å². The van der Waals surface area contributed by atoms with Crippen molar-refractivity contribution < 1.29 is 9.32 Å². The molecule has 110 valence electrons. The molecule has 6 heteroatoms. The summed E-state index contributed by atoms with van der Waals surface area (Å²) in [6, 6.07) is 8.02. The molecule has 1 atom stereocenters. The van der Waals surface area contributed by atoms with E-state index in [1.165, 1.54) is 0 Å². The second kappa shape index (κ2) is 6.75. The van der Waals surface area contributed by atoms with Crippen LogP contribution in [0.3, 0.4) is 0 Å². The van der Waals surface area contributed by atoms with E-state index in [-0.39, 0.29) is 11.7 Å². The third-order valence-electron chi connectivity index (χ3n) is 3.53. The van der Waals surface area contributed by atoms with Crippen molar-refractivity contribution >= 4 is 33.5 Å². The van der Waals surface area contributed by atoms with Gasteiger partial charge >= 0.3 is 0 Å². The highest BCUT2D eigenvalue weighted by Gasteiger charge is 2.28. The molecule has 0 radical (unpaired) electrons. The van der Waals surface area contributed by atoms with Crippen molar-refractivity contribution in [1.82, 2.24) is 10.1 Å². The lowest BCUT2D eigenvalue weighted by molar-refractivity contribution is -0.122. The van der Waals surface area contributed by atoms with Crippen LogP contribution in [0.4, 0.5) is 0 Å². The Hall–Kier alpha value is -1.14. The fourth-order valence-electron chi connectivity index (χ4n) is 2.42. The minimum atomic E-state index is -0.187. The number of hydrogen-bond donors (Lipinski definition) is 0. The third kappa shape index (κ3) is 3.55. The largest absolute Gasteiger partial charge is 0.339 e. The maximum atomic E-state index is 11.9. The predicted octanol–water partition coefficient (Wildman–Crippen LogP) is 4.35. The molecular formula is C15H15BrN2O2S. The molecule has 1 fully saturated rings. The Labute approximate surface area is 135 Å². The summed E-state index contributed by atoms with van der Waals surface area (Å²) in [5.74, 6) is 1.81. The minimum Gasteiger partial charge on any atom is -0.339 e. The van der Waals surface area contributed by atoms with Gasteiger partial charge in [0.1, 0.15) is 5.78 Å². The van der Waals surface area contributed by atoms with Crippen LogP contribution in [0.1, 0.15) is 43.3 Å². The topological polar surface area (TPSA) is 56.0 Å². The summed E-state index contributed by atoms with van der Waals surface area (Å²) in [4.78, 5) is 17.4. The molecule has 4 nitrogen and oxygen atoms in total. The van der Waals surface area contributed by atoms with Crippen LogP contribution in [0.25, 0.3) is 0 Å². The van der Waals surface area contributed by atoms with Crippen LogP contribution in [0, 0.1) is 0 Å². The maximum Gasteiger partial charge on any atom is 0.237 e. The summed E-state index contributed by atoms with van der Waals surface area (Å²) in [5, 5.41) is 4.00. The van der Waals surface area contributed by atoms with E-state index in [4.69, 9.17) is 4.52 Å². The molecule has 0 N–H and O–H groups in total. The van der Waals surface area contributed by atoms with Gasteiger partial charge in [-0.2, -0.15) is 4.98 Å². The molecule has 1 aliphatic rings. The number of halogens is 1. The lowest BCUT2D eigenvalue weighted by atomic mass is 9.88. The molecular weight excluding hydrogens is 352 g/mol. The van der Waals surface area contributed by atoms with Crippen LogP contribution in [0.2, 0.25) is 0 Å². The average Bonchev–Trinajstić information content (AvgIpc) is 2.96. The van der Waals surface area contributed by atoms with Gasteiger partial charge in [0.25, 0.3) is 0 Å². The van der Waals surface area contributed by atoms with Crippen LogP contribution in [0.5, 0.6) is 0 Å². The van der Waals surface area contributed by atoms with Gasteiger partial charge in [0.15, 0.2) is 5.82 Å². The third-order valence-corrected chi connectivity index (χ3v) is 5.55. The van der Waals surface area contributed by atoms with Crippen LogP contribution < -0.4 is 0 Å². The van der Waals surface area contributed by atoms with Gasteiger partial charge < -0.3 is 4.52 Å². The monoisotopic (exact) mass is 366 g/mol. The lowest BCUT2D eigenvalue weighted by Crippen LogP contribution is -2.17. The summed E-state index contributed by atoms with van der Waals surface area (Å²) in [6.45, 7) is 0. The van der Waals surface area contributed by atoms with E-state index in [9.17, 15) is 4.79 Å². The van der Waals surface area contributed by atoms with Crippen molar-refractivity contribution in [2.24, 2.45) is 0 Å². The quantitative estimate of drug-likeness (QED) is 0.752. The van der Waals surface area contributed by atoms with Gasteiger partial charge in [0, 0.05) is 15.8 Å². The normalized spacial score (nSPS) is 18.9. The summed E-state index contributed by atoms with van der Waals surface area (Å²) in [5.41, 5.74) is 0. The molecule has 0 bridgehead atoms. The van der Waals surface area contributed by atoms with Crippen molar-refractivity contribution in [2.45, 2.75) is 42.2 Å². The fraction of sp³-hybridized carbons (Fsp3) is 0.400. The standard InChI is InChI=1S/C15H15BrN2O2S/c16-11-6-2-4-8-13(11)21-9-14-17-15(20-18-14)10-5-1-3-7-12(10)19/h2,4,6,8,10H,1,3,5,7,9H2. The van der Waals surface area contributed by atoms with Crippen molar-refractivity contribution in [3.8, 4) is 0 Å². The summed E-state index contributed by atoms with van der Waals surface area (Å²) in [6.07, 6.45) is 3.50. The van der Waals surface area contributed by atoms with Gasteiger partial charge in [-0.15, -0.1) is 11.8 Å². The van der Waals surface area contributed by atoms with E-state index in [2.05, 4.69) is 26.1 Å². The summed E-state index contributed by atoms with van der Waals surface area (Å²) < 4.78 is 6.34. The molecule has 0 saturated heterocycles. The number of carbonyl (C=O) groups excluding carboxylic acids is 1. The zero-order chi connectivity index (χ0) is 14.7. The Kier molecular flexibility index (Phi) is 4.75. The molecule has 1 heterocycles. The number of Topliss-reactive ketones (excluding diaryl/α,β-unsaturated/α-hetero) is 1. The second-order valence-electron chi connectivity index (χ2n) is 5.03. The minimum absolute atomic E-state index is 0.187. The molecule has 0 amide bonds. The number of ketones is 1. The first-order valence-electron chi connectivity index (χ1n) is 6.96. The van der Waals surface area contributed by atoms with Crippen LogP contribution >= 0.6 is 27.7 Å². The predicted molar refractivity (Wildman–Crippen MR) is 84.2 cm³/mol. The molecule has 1 saturated carbocycles. The summed E-state index contributed by atoms with van der Waals surface area (Å²) >= 11 is 5.16. The molecule has 1 aromatic heterocycles. The number of hydrogen-bond acceptors (Lipinski definition) is 5. The van der Waals surface area contributed by atoms with Gasteiger partial charge in [-0.05, 0) is 40.9 Å². The Bertz CT molecular complexity index is 644. The molecule has 21 heavy (non-hydrogen) atoms. The highest BCUT2D eigenvalue weighted by atomic mass is 79.9. The van der Waals surface area contributed by atoms with E-state index < -0.39 is 0 Å². The van der Waals surface area contributed by atoms with Gasteiger partial charge in [0.05, 0.1) is 11.7 Å². The highest BCUT2D eigenvalue weighted by molar-refractivity contribution is 9.10. The first-order valence-corrected chi connectivity index (χ1v) is 8.74. The Morgan fingerprint density at radius 1 is 1.33 bits per heavy atom. The molecule has 1 aromatic carbocycles. The SMILES string of the molecule is O=C1CCCCC1c1nc(CSc2ccccc2Br)no1. The molecule has 2 aromatic rings. The lowest BCUT2D eigenvalue weighted by Gasteiger charge is -2.16.